The van der Waals surface area contributed by atoms with Gasteiger partial charge in [0.15, 0.2) is 0 Å². The summed E-state index contributed by atoms with van der Waals surface area (Å²) in [6.45, 7) is 6.76. The molecule has 1 aromatic heterocycles. The normalized spacial score (nSPS) is 10.8. The van der Waals surface area contributed by atoms with Crippen LogP contribution in [0.3, 0.4) is 0 Å². The number of carbonyl (C=O) groups is 2. The van der Waals surface area contributed by atoms with E-state index in [9.17, 15) is 19.7 Å². The highest BCUT2D eigenvalue weighted by atomic mass is 32.1. The van der Waals surface area contributed by atoms with Gasteiger partial charge in [0.2, 0.25) is 11.8 Å². The third-order valence-electron chi connectivity index (χ3n) is 5.22. The molecule has 3 aromatic rings. The van der Waals surface area contributed by atoms with Crippen molar-refractivity contribution in [1.29, 1.82) is 0 Å². The summed E-state index contributed by atoms with van der Waals surface area (Å²) in [6.07, 6.45) is 4.51. The Morgan fingerprint density at radius 1 is 1.00 bits per heavy atom. The van der Waals surface area contributed by atoms with Gasteiger partial charge in [-0.15, -0.1) is 17.9 Å². The minimum atomic E-state index is -0.477. The number of carbonyl (C=O) groups excluding carboxylic acids is 2. The van der Waals surface area contributed by atoms with Crippen LogP contribution in [0.4, 0.5) is 5.69 Å². The maximum Gasteiger partial charge on any atom is 0.269 e. The van der Waals surface area contributed by atoms with Crippen LogP contribution in [0.5, 0.6) is 0 Å². The fraction of sp³-hybridized carbons (Fsp3) is 0.185. The van der Waals surface area contributed by atoms with Crippen LogP contribution in [-0.2, 0) is 22.7 Å². The van der Waals surface area contributed by atoms with Crippen molar-refractivity contribution in [3.05, 3.63) is 116 Å². The number of aryl methyl sites for hydroxylation is 1. The van der Waals surface area contributed by atoms with Crippen molar-refractivity contribution in [3.63, 3.8) is 0 Å². The van der Waals surface area contributed by atoms with Crippen molar-refractivity contribution in [2.45, 2.75) is 20.0 Å². The number of benzene rings is 2. The van der Waals surface area contributed by atoms with Gasteiger partial charge in [0.05, 0.1) is 11.5 Å². The minimum absolute atomic E-state index is 0.0215. The third kappa shape index (κ3) is 7.75. The lowest BCUT2D eigenvalue weighted by Crippen LogP contribution is -2.42. The summed E-state index contributed by atoms with van der Waals surface area (Å²) in [5.41, 5.74) is 1.63. The molecule has 180 valence electrons. The summed E-state index contributed by atoms with van der Waals surface area (Å²) in [4.78, 5) is 42.0. The molecule has 0 spiro atoms. The summed E-state index contributed by atoms with van der Waals surface area (Å²) in [5.74, 6) is -0.512. The summed E-state index contributed by atoms with van der Waals surface area (Å²) in [7, 11) is 0. The van der Waals surface area contributed by atoms with E-state index in [1.165, 1.54) is 28.0 Å². The maximum absolute atomic E-state index is 13.3. The van der Waals surface area contributed by atoms with Crippen molar-refractivity contribution < 1.29 is 14.5 Å². The zero-order valence-electron chi connectivity index (χ0n) is 19.5. The summed E-state index contributed by atoms with van der Waals surface area (Å²) in [5, 5.41) is 10.8. The molecule has 0 aliphatic carbocycles. The Labute approximate surface area is 208 Å². The quantitative estimate of drug-likeness (QED) is 0.160. The van der Waals surface area contributed by atoms with Gasteiger partial charge in [0, 0.05) is 41.1 Å². The molecule has 2 aromatic carbocycles. The van der Waals surface area contributed by atoms with Crippen molar-refractivity contribution in [1.82, 2.24) is 9.80 Å². The van der Waals surface area contributed by atoms with E-state index in [0.717, 1.165) is 10.4 Å². The number of nitro benzene ring substituents is 1. The van der Waals surface area contributed by atoms with Crippen LogP contribution in [-0.4, -0.2) is 39.6 Å². The summed E-state index contributed by atoms with van der Waals surface area (Å²) >= 11 is 1.64. The van der Waals surface area contributed by atoms with Gasteiger partial charge in [0.25, 0.3) is 5.69 Å². The molecule has 0 N–H and O–H groups in total. The molecule has 0 unspecified atom stereocenters. The van der Waals surface area contributed by atoms with Gasteiger partial charge in [-0.05, 0) is 48.4 Å². The molecule has 2 amide bonds. The average molecular weight is 490 g/mol. The highest BCUT2D eigenvalue weighted by molar-refractivity contribution is 7.11. The number of amides is 2. The standard InChI is InChI=1S/C27H27N3O4S/c1-3-17-28(26(31)16-12-22-10-13-24(14-11-22)30(33)34)20-27(32)29(18-23-7-5-4-6-8-23)19-25-15-9-21(2)35-25/h3-16H,1,17-20H2,2H3/b16-12+. The van der Waals surface area contributed by atoms with E-state index >= 15 is 0 Å². The first-order chi connectivity index (χ1) is 16.9. The maximum atomic E-state index is 13.3. The molecule has 0 saturated heterocycles. The van der Waals surface area contributed by atoms with Crippen LogP contribution < -0.4 is 0 Å². The molecule has 7 nitrogen and oxygen atoms in total. The largest absolute Gasteiger partial charge is 0.332 e. The monoisotopic (exact) mass is 489 g/mol. The molecule has 0 fully saturated rings. The Hall–Kier alpha value is -4.04. The fourth-order valence-electron chi connectivity index (χ4n) is 3.43. The number of hydrogen-bond donors (Lipinski definition) is 0. The van der Waals surface area contributed by atoms with Crippen LogP contribution in [0.2, 0.25) is 0 Å². The van der Waals surface area contributed by atoms with E-state index in [4.69, 9.17) is 0 Å². The molecular weight excluding hydrogens is 462 g/mol. The number of non-ortho nitro benzene ring substituents is 1. The highest BCUT2D eigenvalue weighted by Gasteiger charge is 2.20. The number of rotatable bonds is 11. The molecule has 0 aliphatic heterocycles. The van der Waals surface area contributed by atoms with Crippen molar-refractivity contribution in [3.8, 4) is 0 Å². The third-order valence-corrected chi connectivity index (χ3v) is 6.21. The van der Waals surface area contributed by atoms with E-state index < -0.39 is 4.92 Å². The number of hydrogen-bond acceptors (Lipinski definition) is 5. The summed E-state index contributed by atoms with van der Waals surface area (Å²) < 4.78 is 0. The lowest BCUT2D eigenvalue weighted by molar-refractivity contribution is -0.384. The predicted octanol–water partition coefficient (Wildman–Crippen LogP) is 5.22. The Kier molecular flexibility index (Phi) is 9.09. The van der Waals surface area contributed by atoms with E-state index in [-0.39, 0.29) is 30.6 Å². The van der Waals surface area contributed by atoms with Crippen LogP contribution in [0.15, 0.2) is 85.5 Å². The van der Waals surface area contributed by atoms with Gasteiger partial charge in [-0.3, -0.25) is 19.7 Å². The highest BCUT2D eigenvalue weighted by Crippen LogP contribution is 2.19. The van der Waals surface area contributed by atoms with E-state index in [0.29, 0.717) is 18.7 Å². The Morgan fingerprint density at radius 2 is 1.71 bits per heavy atom. The van der Waals surface area contributed by atoms with Gasteiger partial charge >= 0.3 is 0 Å². The molecule has 0 atom stereocenters. The number of nitro groups is 1. The van der Waals surface area contributed by atoms with E-state index in [1.807, 2.05) is 49.4 Å². The van der Waals surface area contributed by atoms with Gasteiger partial charge in [-0.25, -0.2) is 0 Å². The second-order valence-corrected chi connectivity index (χ2v) is 9.31. The van der Waals surface area contributed by atoms with Crippen molar-refractivity contribution in [2.75, 3.05) is 13.1 Å². The van der Waals surface area contributed by atoms with E-state index in [2.05, 4.69) is 6.58 Å². The first kappa shape index (κ1) is 25.6. The smallest absolute Gasteiger partial charge is 0.269 e. The zero-order valence-corrected chi connectivity index (χ0v) is 20.3. The molecule has 3 rings (SSSR count). The van der Waals surface area contributed by atoms with Crippen LogP contribution >= 0.6 is 11.3 Å². The molecule has 0 aliphatic rings. The second-order valence-electron chi connectivity index (χ2n) is 7.94. The Bertz CT molecular complexity index is 1200. The fourth-order valence-corrected chi connectivity index (χ4v) is 4.33. The summed E-state index contributed by atoms with van der Waals surface area (Å²) in [6, 6.07) is 19.7. The first-order valence-electron chi connectivity index (χ1n) is 11.0. The molecular formula is C27H27N3O4S. The van der Waals surface area contributed by atoms with Gasteiger partial charge in [-0.2, -0.15) is 0 Å². The van der Waals surface area contributed by atoms with Gasteiger partial charge in [0.1, 0.15) is 6.54 Å². The van der Waals surface area contributed by atoms with Crippen LogP contribution in [0.25, 0.3) is 6.08 Å². The van der Waals surface area contributed by atoms with Crippen molar-refractivity contribution in [2.24, 2.45) is 0 Å². The Morgan fingerprint density at radius 3 is 2.31 bits per heavy atom. The van der Waals surface area contributed by atoms with Crippen LogP contribution in [0.1, 0.15) is 20.9 Å². The first-order valence-corrected chi connectivity index (χ1v) is 11.9. The molecule has 0 bridgehead atoms. The zero-order chi connectivity index (χ0) is 25.2. The topological polar surface area (TPSA) is 83.8 Å². The Balaban J connectivity index is 1.73. The van der Waals surface area contributed by atoms with Gasteiger partial charge < -0.3 is 9.80 Å². The SMILES string of the molecule is C=CCN(CC(=O)N(Cc1ccccc1)Cc1ccc(C)s1)C(=O)/C=C/c1ccc([N+](=O)[O-])cc1. The molecule has 35 heavy (non-hydrogen) atoms. The minimum Gasteiger partial charge on any atom is -0.332 e. The van der Waals surface area contributed by atoms with Crippen LogP contribution in [0, 0.1) is 17.0 Å². The molecule has 0 saturated carbocycles. The second kappa shape index (κ2) is 12.4. The lowest BCUT2D eigenvalue weighted by atomic mass is 10.2. The molecule has 1 heterocycles. The molecule has 8 heteroatoms. The van der Waals surface area contributed by atoms with Gasteiger partial charge in [-0.1, -0.05) is 36.4 Å². The predicted molar refractivity (Wildman–Crippen MR) is 139 cm³/mol. The number of thiophene rings is 1. The van der Waals surface area contributed by atoms with Crippen molar-refractivity contribution >= 4 is 34.9 Å². The lowest BCUT2D eigenvalue weighted by Gasteiger charge is -2.26. The van der Waals surface area contributed by atoms with E-state index in [1.54, 1.807) is 40.5 Å². The molecule has 0 radical (unpaired) electrons. The average Bonchev–Trinajstić information content (AvgIpc) is 3.27. The number of nitrogens with zero attached hydrogens (tertiary/aromatic N) is 3.